The third-order valence-electron chi connectivity index (χ3n) is 3.55. The van der Waals surface area contributed by atoms with Gasteiger partial charge in [0.05, 0.1) is 6.04 Å². The molecule has 0 radical (unpaired) electrons. The zero-order chi connectivity index (χ0) is 12.8. The van der Waals surface area contributed by atoms with Gasteiger partial charge in [-0.3, -0.25) is 4.79 Å². The molecule has 3 nitrogen and oxygen atoms in total. The normalized spacial score (nSPS) is 21.3. The molecule has 0 bridgehead atoms. The van der Waals surface area contributed by atoms with Crippen LogP contribution in [0, 0.1) is 5.92 Å². The molecule has 1 aliphatic rings. The lowest BCUT2D eigenvalue weighted by Crippen LogP contribution is -2.35. The van der Waals surface area contributed by atoms with Gasteiger partial charge < -0.3 is 10.6 Å². The molecular weight excluding hydrogens is 224 g/mol. The van der Waals surface area contributed by atoms with Crippen molar-refractivity contribution in [2.45, 2.75) is 32.2 Å². The predicted octanol–water partition coefficient (Wildman–Crippen LogP) is 2.25. The molecule has 3 heteroatoms. The molecule has 1 aliphatic heterocycles. The van der Waals surface area contributed by atoms with Crippen molar-refractivity contribution in [2.75, 3.05) is 13.1 Å². The minimum atomic E-state index is 0.0928. The van der Waals surface area contributed by atoms with Gasteiger partial charge in [0.15, 0.2) is 0 Å². The quantitative estimate of drug-likeness (QED) is 0.855. The Kier molecular flexibility index (Phi) is 4.76. The second-order valence-corrected chi connectivity index (χ2v) is 5.12. The fourth-order valence-electron chi connectivity index (χ4n) is 2.49. The molecule has 2 atom stereocenters. The predicted molar refractivity (Wildman–Crippen MR) is 73.2 cm³/mol. The highest BCUT2D eigenvalue weighted by atomic mass is 16.1. The molecule has 1 aromatic rings. The Bertz CT molecular complexity index is 371. The highest BCUT2D eigenvalue weighted by molar-refractivity contribution is 5.76. The number of hydrogen-bond donors (Lipinski definition) is 2. The van der Waals surface area contributed by atoms with Crippen molar-refractivity contribution >= 4 is 5.91 Å². The molecule has 1 saturated heterocycles. The van der Waals surface area contributed by atoms with Crippen LogP contribution in [0.2, 0.25) is 0 Å². The van der Waals surface area contributed by atoms with Gasteiger partial charge in [-0.2, -0.15) is 0 Å². The molecule has 1 fully saturated rings. The van der Waals surface area contributed by atoms with E-state index >= 15 is 0 Å². The molecule has 1 amide bonds. The van der Waals surface area contributed by atoms with Gasteiger partial charge >= 0.3 is 0 Å². The van der Waals surface area contributed by atoms with Crippen LogP contribution in [0.5, 0.6) is 0 Å². The Morgan fingerprint density at radius 3 is 2.89 bits per heavy atom. The Labute approximate surface area is 109 Å². The topological polar surface area (TPSA) is 41.1 Å². The van der Waals surface area contributed by atoms with Crippen LogP contribution in [-0.2, 0) is 4.79 Å². The molecule has 1 unspecified atom stereocenters. The summed E-state index contributed by atoms with van der Waals surface area (Å²) in [6, 6.07) is 10.2. The molecular formula is C15H22N2O. The highest BCUT2D eigenvalue weighted by Gasteiger charge is 2.17. The number of benzene rings is 1. The monoisotopic (exact) mass is 246 g/mol. The van der Waals surface area contributed by atoms with Crippen LogP contribution >= 0.6 is 0 Å². The average Bonchev–Trinajstić information content (AvgIpc) is 2.40. The van der Waals surface area contributed by atoms with E-state index in [0.717, 1.165) is 18.7 Å². The van der Waals surface area contributed by atoms with Crippen molar-refractivity contribution in [3.63, 3.8) is 0 Å². The second kappa shape index (κ2) is 6.55. The maximum absolute atomic E-state index is 12.0. The summed E-state index contributed by atoms with van der Waals surface area (Å²) in [4.78, 5) is 12.0. The lowest BCUT2D eigenvalue weighted by molar-refractivity contribution is -0.122. The SMILES string of the molecule is C[C@H](NC(=O)CC1CCCNC1)c1ccccc1. The van der Waals surface area contributed by atoms with Gasteiger partial charge in [-0.15, -0.1) is 0 Å². The summed E-state index contributed by atoms with van der Waals surface area (Å²) in [5, 5.41) is 6.42. The molecule has 18 heavy (non-hydrogen) atoms. The summed E-state index contributed by atoms with van der Waals surface area (Å²) < 4.78 is 0. The molecule has 0 aromatic heterocycles. The summed E-state index contributed by atoms with van der Waals surface area (Å²) in [6.45, 7) is 4.11. The zero-order valence-corrected chi connectivity index (χ0v) is 11.0. The number of rotatable bonds is 4. The zero-order valence-electron chi connectivity index (χ0n) is 11.0. The van der Waals surface area contributed by atoms with Gasteiger partial charge in [0.1, 0.15) is 0 Å². The lowest BCUT2D eigenvalue weighted by Gasteiger charge is -2.23. The standard InChI is InChI=1S/C15H22N2O/c1-12(14-7-3-2-4-8-14)17-15(18)10-13-6-5-9-16-11-13/h2-4,7-8,12-13,16H,5-6,9-11H2,1H3,(H,17,18)/t12-,13?/m0/s1. The fraction of sp³-hybridized carbons (Fsp3) is 0.533. The maximum atomic E-state index is 12.0. The Morgan fingerprint density at radius 2 is 2.22 bits per heavy atom. The van der Waals surface area contributed by atoms with Crippen molar-refractivity contribution in [1.82, 2.24) is 10.6 Å². The summed E-state index contributed by atoms with van der Waals surface area (Å²) in [5.74, 6) is 0.668. The third-order valence-corrected chi connectivity index (χ3v) is 3.55. The summed E-state index contributed by atoms with van der Waals surface area (Å²) in [6.07, 6.45) is 3.00. The number of carbonyl (C=O) groups excluding carboxylic acids is 1. The van der Waals surface area contributed by atoms with Crippen LogP contribution in [0.3, 0.4) is 0 Å². The van der Waals surface area contributed by atoms with Gasteiger partial charge in [-0.25, -0.2) is 0 Å². The van der Waals surface area contributed by atoms with E-state index in [2.05, 4.69) is 10.6 Å². The van der Waals surface area contributed by atoms with E-state index in [4.69, 9.17) is 0 Å². The summed E-state index contributed by atoms with van der Waals surface area (Å²) in [5.41, 5.74) is 1.16. The minimum Gasteiger partial charge on any atom is -0.350 e. The van der Waals surface area contributed by atoms with Crippen LogP contribution < -0.4 is 10.6 Å². The first kappa shape index (κ1) is 13.1. The van der Waals surface area contributed by atoms with E-state index in [1.165, 1.54) is 12.8 Å². The van der Waals surface area contributed by atoms with Crippen LogP contribution in [0.1, 0.15) is 37.8 Å². The van der Waals surface area contributed by atoms with Crippen molar-refractivity contribution < 1.29 is 4.79 Å². The Balaban J connectivity index is 1.80. The van der Waals surface area contributed by atoms with Gasteiger partial charge in [-0.1, -0.05) is 30.3 Å². The van der Waals surface area contributed by atoms with Crippen molar-refractivity contribution in [1.29, 1.82) is 0 Å². The summed E-state index contributed by atoms with van der Waals surface area (Å²) in [7, 11) is 0. The molecule has 2 rings (SSSR count). The molecule has 1 aromatic carbocycles. The van der Waals surface area contributed by atoms with Gasteiger partial charge in [0, 0.05) is 6.42 Å². The number of piperidine rings is 1. The second-order valence-electron chi connectivity index (χ2n) is 5.12. The van der Waals surface area contributed by atoms with Crippen molar-refractivity contribution in [3.05, 3.63) is 35.9 Å². The largest absolute Gasteiger partial charge is 0.350 e. The number of hydrogen-bond acceptors (Lipinski definition) is 2. The first-order chi connectivity index (χ1) is 8.75. The van der Waals surface area contributed by atoms with E-state index in [-0.39, 0.29) is 11.9 Å². The molecule has 98 valence electrons. The smallest absolute Gasteiger partial charge is 0.220 e. The first-order valence-corrected chi connectivity index (χ1v) is 6.80. The Hall–Kier alpha value is -1.35. The van der Waals surface area contributed by atoms with E-state index in [0.29, 0.717) is 12.3 Å². The number of amides is 1. The van der Waals surface area contributed by atoms with E-state index in [1.54, 1.807) is 0 Å². The molecule has 0 spiro atoms. The van der Waals surface area contributed by atoms with Crippen LogP contribution in [-0.4, -0.2) is 19.0 Å². The first-order valence-electron chi connectivity index (χ1n) is 6.80. The lowest BCUT2D eigenvalue weighted by atomic mass is 9.95. The fourth-order valence-corrected chi connectivity index (χ4v) is 2.49. The maximum Gasteiger partial charge on any atom is 0.220 e. The van der Waals surface area contributed by atoms with Crippen LogP contribution in [0.15, 0.2) is 30.3 Å². The van der Waals surface area contributed by atoms with E-state index in [9.17, 15) is 4.79 Å². The average molecular weight is 246 g/mol. The molecule has 0 aliphatic carbocycles. The van der Waals surface area contributed by atoms with Crippen molar-refractivity contribution in [3.8, 4) is 0 Å². The summed E-state index contributed by atoms with van der Waals surface area (Å²) >= 11 is 0. The third kappa shape index (κ3) is 3.84. The van der Waals surface area contributed by atoms with Gasteiger partial charge in [0.25, 0.3) is 0 Å². The van der Waals surface area contributed by atoms with Gasteiger partial charge in [0.2, 0.25) is 5.91 Å². The molecule has 2 N–H and O–H groups in total. The Morgan fingerprint density at radius 1 is 1.44 bits per heavy atom. The number of carbonyl (C=O) groups is 1. The van der Waals surface area contributed by atoms with Crippen LogP contribution in [0.25, 0.3) is 0 Å². The van der Waals surface area contributed by atoms with E-state index < -0.39 is 0 Å². The molecule has 1 heterocycles. The highest BCUT2D eigenvalue weighted by Crippen LogP contribution is 2.16. The van der Waals surface area contributed by atoms with Gasteiger partial charge in [-0.05, 0) is 44.3 Å². The van der Waals surface area contributed by atoms with Crippen LogP contribution in [0.4, 0.5) is 0 Å². The van der Waals surface area contributed by atoms with Crippen molar-refractivity contribution in [2.24, 2.45) is 5.92 Å². The minimum absolute atomic E-state index is 0.0928. The van der Waals surface area contributed by atoms with E-state index in [1.807, 2.05) is 37.3 Å². The number of nitrogens with one attached hydrogen (secondary N) is 2. The molecule has 0 saturated carbocycles.